The molecular weight excluding hydrogens is 286 g/mol. The largest absolute Gasteiger partial charge is 0.365 e. The first-order valence-electron chi connectivity index (χ1n) is 7.64. The number of thiazole rings is 1. The summed E-state index contributed by atoms with van der Waals surface area (Å²) in [5.74, 6) is -0.144. The van der Waals surface area contributed by atoms with Crippen LogP contribution in [0.15, 0.2) is 6.20 Å². The Morgan fingerprint density at radius 2 is 2.14 bits per heavy atom. The number of piperidine rings is 1. The van der Waals surface area contributed by atoms with Crippen LogP contribution in [-0.2, 0) is 4.79 Å². The van der Waals surface area contributed by atoms with E-state index >= 15 is 0 Å². The molecule has 116 valence electrons. The van der Waals surface area contributed by atoms with E-state index in [0.717, 1.165) is 43.7 Å². The summed E-state index contributed by atoms with van der Waals surface area (Å²) in [6.07, 6.45) is 6.29. The second-order valence-electron chi connectivity index (χ2n) is 5.48. The number of amides is 2. The molecule has 2 heterocycles. The molecule has 1 fully saturated rings. The number of nitrogens with zero attached hydrogens (tertiary/aromatic N) is 2. The zero-order chi connectivity index (χ0) is 15.4. The van der Waals surface area contributed by atoms with Gasteiger partial charge in [0.15, 0.2) is 0 Å². The van der Waals surface area contributed by atoms with Gasteiger partial charge in [0.25, 0.3) is 5.91 Å². The molecule has 1 aromatic heterocycles. The van der Waals surface area contributed by atoms with Crippen molar-refractivity contribution >= 4 is 23.2 Å². The predicted octanol–water partition coefficient (Wildman–Crippen LogP) is 2.73. The molecule has 1 saturated heterocycles. The molecule has 6 heteroatoms. The summed E-state index contributed by atoms with van der Waals surface area (Å²) in [6.45, 7) is 4.89. The van der Waals surface area contributed by atoms with Gasteiger partial charge in [-0.05, 0) is 32.1 Å². The lowest BCUT2D eigenvalue weighted by Crippen LogP contribution is -2.41. The van der Waals surface area contributed by atoms with Crippen LogP contribution in [0.3, 0.4) is 0 Å². The van der Waals surface area contributed by atoms with Gasteiger partial charge in [-0.15, -0.1) is 11.3 Å². The molecule has 0 saturated carbocycles. The number of nitrogens with two attached hydrogens (primary N) is 1. The zero-order valence-corrected chi connectivity index (χ0v) is 13.5. The van der Waals surface area contributed by atoms with Crippen molar-refractivity contribution in [2.45, 2.75) is 52.0 Å². The van der Waals surface area contributed by atoms with E-state index in [1.807, 2.05) is 4.90 Å². The van der Waals surface area contributed by atoms with Crippen molar-refractivity contribution in [3.05, 3.63) is 16.1 Å². The van der Waals surface area contributed by atoms with E-state index < -0.39 is 5.91 Å². The van der Waals surface area contributed by atoms with Gasteiger partial charge in [-0.25, -0.2) is 4.98 Å². The SMILES string of the molecule is CCC(CC)C(=O)N1CCCC[C@@H]1c1ncc(C(N)=O)s1. The van der Waals surface area contributed by atoms with Crippen LogP contribution in [0, 0.1) is 5.92 Å². The summed E-state index contributed by atoms with van der Waals surface area (Å²) in [6, 6.07) is 0.00458. The molecule has 0 bridgehead atoms. The standard InChI is InChI=1S/C15H23N3O2S/c1-3-10(4-2)15(20)18-8-6-5-7-11(18)14-17-9-12(21-14)13(16)19/h9-11H,3-8H2,1-2H3,(H2,16,19)/t11-/m1/s1. The molecule has 5 nitrogen and oxygen atoms in total. The molecule has 1 aliphatic rings. The van der Waals surface area contributed by atoms with E-state index in [2.05, 4.69) is 18.8 Å². The summed E-state index contributed by atoms with van der Waals surface area (Å²) in [5, 5.41) is 0.836. The molecule has 0 aromatic carbocycles. The van der Waals surface area contributed by atoms with Gasteiger partial charge in [0.05, 0.1) is 12.2 Å². The van der Waals surface area contributed by atoms with Crippen LogP contribution in [0.1, 0.15) is 66.7 Å². The number of rotatable bonds is 5. The van der Waals surface area contributed by atoms with Crippen LogP contribution >= 0.6 is 11.3 Å². The van der Waals surface area contributed by atoms with Crippen molar-refractivity contribution in [2.24, 2.45) is 11.7 Å². The summed E-state index contributed by atoms with van der Waals surface area (Å²) in [4.78, 5) is 30.7. The van der Waals surface area contributed by atoms with E-state index in [4.69, 9.17) is 5.73 Å². The van der Waals surface area contributed by atoms with Gasteiger partial charge in [0, 0.05) is 12.5 Å². The lowest BCUT2D eigenvalue weighted by atomic mass is 9.96. The predicted molar refractivity (Wildman–Crippen MR) is 83.0 cm³/mol. The molecule has 0 radical (unpaired) electrons. The summed E-state index contributed by atoms with van der Waals surface area (Å²) in [5.41, 5.74) is 5.29. The highest BCUT2D eigenvalue weighted by atomic mass is 32.1. The lowest BCUT2D eigenvalue weighted by molar-refractivity contribution is -0.139. The second-order valence-corrected chi connectivity index (χ2v) is 6.55. The highest BCUT2D eigenvalue weighted by molar-refractivity contribution is 7.13. The minimum absolute atomic E-state index is 0.00458. The third-order valence-electron chi connectivity index (χ3n) is 4.17. The van der Waals surface area contributed by atoms with Gasteiger partial charge in [-0.3, -0.25) is 9.59 Å². The number of primary amides is 1. The number of aromatic nitrogens is 1. The molecule has 2 rings (SSSR count). The summed E-state index contributed by atoms with van der Waals surface area (Å²) in [7, 11) is 0. The highest BCUT2D eigenvalue weighted by Crippen LogP contribution is 2.34. The number of likely N-dealkylation sites (tertiary alicyclic amines) is 1. The van der Waals surface area contributed by atoms with E-state index in [-0.39, 0.29) is 17.9 Å². The normalized spacial score (nSPS) is 19.0. The van der Waals surface area contributed by atoms with Gasteiger partial charge >= 0.3 is 0 Å². The van der Waals surface area contributed by atoms with Crippen LogP contribution in [0.2, 0.25) is 0 Å². The molecule has 1 atom stereocenters. The number of carbonyl (C=O) groups excluding carboxylic acids is 2. The fraction of sp³-hybridized carbons (Fsp3) is 0.667. The Hall–Kier alpha value is -1.43. The molecular formula is C15H23N3O2S. The smallest absolute Gasteiger partial charge is 0.260 e. The first-order valence-corrected chi connectivity index (χ1v) is 8.46. The quantitative estimate of drug-likeness (QED) is 0.908. The lowest BCUT2D eigenvalue weighted by Gasteiger charge is -2.36. The average molecular weight is 309 g/mol. The molecule has 21 heavy (non-hydrogen) atoms. The van der Waals surface area contributed by atoms with E-state index in [9.17, 15) is 9.59 Å². The Kier molecular flexibility index (Phi) is 5.33. The maximum Gasteiger partial charge on any atom is 0.260 e. The van der Waals surface area contributed by atoms with E-state index in [1.54, 1.807) is 0 Å². The van der Waals surface area contributed by atoms with E-state index in [1.165, 1.54) is 17.5 Å². The first kappa shape index (κ1) is 15.9. The summed E-state index contributed by atoms with van der Waals surface area (Å²) >= 11 is 1.32. The Balaban J connectivity index is 2.21. The van der Waals surface area contributed by atoms with Crippen LogP contribution in [0.4, 0.5) is 0 Å². The molecule has 0 spiro atoms. The summed E-state index contributed by atoms with van der Waals surface area (Å²) < 4.78 is 0. The maximum absolute atomic E-state index is 12.7. The number of hydrogen-bond acceptors (Lipinski definition) is 4. The van der Waals surface area contributed by atoms with Gasteiger partial charge in [0.2, 0.25) is 5.91 Å². The van der Waals surface area contributed by atoms with Gasteiger partial charge in [-0.2, -0.15) is 0 Å². The molecule has 0 unspecified atom stereocenters. The third-order valence-corrected chi connectivity index (χ3v) is 5.29. The zero-order valence-electron chi connectivity index (χ0n) is 12.7. The number of hydrogen-bond donors (Lipinski definition) is 1. The van der Waals surface area contributed by atoms with Crippen molar-refractivity contribution in [1.82, 2.24) is 9.88 Å². The van der Waals surface area contributed by atoms with Gasteiger partial charge in [0.1, 0.15) is 9.88 Å². The molecule has 2 N–H and O–H groups in total. The van der Waals surface area contributed by atoms with Crippen LogP contribution < -0.4 is 5.73 Å². The van der Waals surface area contributed by atoms with Gasteiger partial charge in [-0.1, -0.05) is 13.8 Å². The average Bonchev–Trinajstić information content (AvgIpc) is 2.98. The van der Waals surface area contributed by atoms with E-state index in [0.29, 0.717) is 4.88 Å². The van der Waals surface area contributed by atoms with Crippen molar-refractivity contribution in [1.29, 1.82) is 0 Å². The molecule has 2 amide bonds. The molecule has 1 aromatic rings. The maximum atomic E-state index is 12.7. The second kappa shape index (κ2) is 7.02. The Labute approximate surface area is 129 Å². The topological polar surface area (TPSA) is 76.3 Å². The van der Waals surface area contributed by atoms with Crippen molar-refractivity contribution in [3.63, 3.8) is 0 Å². The van der Waals surface area contributed by atoms with Crippen LogP contribution in [0.25, 0.3) is 0 Å². The minimum Gasteiger partial charge on any atom is -0.365 e. The Morgan fingerprint density at radius 3 is 2.71 bits per heavy atom. The molecule has 1 aliphatic heterocycles. The first-order chi connectivity index (χ1) is 10.1. The van der Waals surface area contributed by atoms with Gasteiger partial charge < -0.3 is 10.6 Å². The Morgan fingerprint density at radius 1 is 1.43 bits per heavy atom. The van der Waals surface area contributed by atoms with Crippen LogP contribution in [-0.4, -0.2) is 28.2 Å². The van der Waals surface area contributed by atoms with Crippen molar-refractivity contribution < 1.29 is 9.59 Å². The highest BCUT2D eigenvalue weighted by Gasteiger charge is 2.32. The minimum atomic E-state index is -0.451. The fourth-order valence-corrected chi connectivity index (χ4v) is 3.80. The monoisotopic (exact) mass is 309 g/mol. The fourth-order valence-electron chi connectivity index (χ4n) is 2.88. The third kappa shape index (κ3) is 3.43. The Bertz CT molecular complexity index is 511. The van der Waals surface area contributed by atoms with Crippen LogP contribution in [0.5, 0.6) is 0 Å². The molecule has 0 aliphatic carbocycles. The van der Waals surface area contributed by atoms with Crippen molar-refractivity contribution in [2.75, 3.05) is 6.54 Å². The number of carbonyl (C=O) groups is 2. The van der Waals surface area contributed by atoms with Crippen molar-refractivity contribution in [3.8, 4) is 0 Å².